The molecule has 0 radical (unpaired) electrons. The Morgan fingerprint density at radius 3 is 2.50 bits per heavy atom. The van der Waals surface area contributed by atoms with Crippen molar-refractivity contribution in [3.63, 3.8) is 0 Å². The summed E-state index contributed by atoms with van der Waals surface area (Å²) < 4.78 is 12.7. The second-order valence-electron chi connectivity index (χ2n) is 3.76. The zero-order valence-corrected chi connectivity index (χ0v) is 9.28. The molecular weight excluding hydrogens is 207 g/mol. The van der Waals surface area contributed by atoms with Crippen LogP contribution >= 0.6 is 0 Å². The molecule has 1 rings (SSSR count). The van der Waals surface area contributed by atoms with Crippen LogP contribution in [0.25, 0.3) is 0 Å². The van der Waals surface area contributed by atoms with Gasteiger partial charge in [0.1, 0.15) is 12.1 Å². The molecule has 0 aliphatic heterocycles. The molecule has 0 heterocycles. The Morgan fingerprint density at radius 2 is 2.00 bits per heavy atom. The number of halogens is 1. The minimum absolute atomic E-state index is 0.219. The van der Waals surface area contributed by atoms with Gasteiger partial charge in [0.25, 0.3) is 0 Å². The fraction of sp³-hybridized carbons (Fsp3) is 0.385. The van der Waals surface area contributed by atoms with E-state index in [0.29, 0.717) is 18.3 Å². The van der Waals surface area contributed by atoms with Gasteiger partial charge in [-0.05, 0) is 30.7 Å². The monoisotopic (exact) mass is 222 g/mol. The smallest absolute Gasteiger partial charge is 0.173 e. The summed E-state index contributed by atoms with van der Waals surface area (Å²) in [4.78, 5) is 22.6. The van der Waals surface area contributed by atoms with E-state index in [1.165, 1.54) is 24.3 Å². The minimum Gasteiger partial charge on any atom is -0.303 e. The van der Waals surface area contributed by atoms with Crippen LogP contribution < -0.4 is 0 Å². The highest BCUT2D eigenvalue weighted by molar-refractivity contribution is 6.05. The number of ketones is 1. The van der Waals surface area contributed by atoms with Crippen molar-refractivity contribution in [3.8, 4) is 0 Å². The van der Waals surface area contributed by atoms with Crippen molar-refractivity contribution in [1.29, 1.82) is 0 Å². The fourth-order valence-electron chi connectivity index (χ4n) is 1.51. The molecule has 0 saturated heterocycles. The minimum atomic E-state index is -0.592. The molecule has 86 valence electrons. The van der Waals surface area contributed by atoms with Crippen LogP contribution in [0.4, 0.5) is 4.39 Å². The third kappa shape index (κ3) is 3.26. The summed E-state index contributed by atoms with van der Waals surface area (Å²) in [5.41, 5.74) is 0.398. The van der Waals surface area contributed by atoms with Crippen molar-refractivity contribution in [2.75, 3.05) is 0 Å². The molecule has 0 fully saturated rings. The van der Waals surface area contributed by atoms with Gasteiger partial charge in [0.15, 0.2) is 5.78 Å². The lowest BCUT2D eigenvalue weighted by molar-refractivity contribution is -0.110. The summed E-state index contributed by atoms with van der Waals surface area (Å²) in [6, 6.07) is 5.30. The van der Waals surface area contributed by atoms with E-state index in [9.17, 15) is 14.0 Å². The lowest BCUT2D eigenvalue weighted by Gasteiger charge is -2.08. The number of carbonyl (C=O) groups excluding carboxylic acids is 2. The summed E-state index contributed by atoms with van der Waals surface area (Å²) in [6.45, 7) is 2.00. The molecule has 16 heavy (non-hydrogen) atoms. The summed E-state index contributed by atoms with van der Waals surface area (Å²) in [5, 5.41) is 0. The van der Waals surface area contributed by atoms with Crippen LogP contribution in [0.15, 0.2) is 24.3 Å². The van der Waals surface area contributed by atoms with Gasteiger partial charge in [-0.25, -0.2) is 4.39 Å². The maximum atomic E-state index is 12.7. The SMILES string of the molecule is CCCCC(C=O)C(=O)c1ccc(F)cc1. The van der Waals surface area contributed by atoms with Crippen molar-refractivity contribution in [2.24, 2.45) is 5.92 Å². The first-order chi connectivity index (χ1) is 7.69. The first-order valence-electron chi connectivity index (χ1n) is 5.44. The first-order valence-corrected chi connectivity index (χ1v) is 5.44. The molecule has 0 aliphatic rings. The molecule has 0 saturated carbocycles. The van der Waals surface area contributed by atoms with Crippen LogP contribution in [0.2, 0.25) is 0 Å². The van der Waals surface area contributed by atoms with Gasteiger partial charge < -0.3 is 4.79 Å². The standard InChI is InChI=1S/C13H15FO2/c1-2-3-4-11(9-15)13(16)10-5-7-12(14)8-6-10/h5-9,11H,2-4H2,1H3. The van der Waals surface area contributed by atoms with Crippen LogP contribution in [0.3, 0.4) is 0 Å². The number of Topliss-reactive ketones (excluding diaryl/α,β-unsaturated/α-hetero) is 1. The number of aldehydes is 1. The number of benzene rings is 1. The van der Waals surface area contributed by atoms with E-state index >= 15 is 0 Å². The van der Waals surface area contributed by atoms with Crippen LogP contribution in [0, 0.1) is 11.7 Å². The van der Waals surface area contributed by atoms with Gasteiger partial charge in [-0.1, -0.05) is 19.8 Å². The van der Waals surface area contributed by atoms with Gasteiger partial charge in [-0.15, -0.1) is 0 Å². The van der Waals surface area contributed by atoms with E-state index in [0.717, 1.165) is 12.8 Å². The molecule has 0 bridgehead atoms. The Kier molecular flexibility index (Phi) is 4.83. The zero-order valence-electron chi connectivity index (χ0n) is 9.28. The van der Waals surface area contributed by atoms with Gasteiger partial charge in [-0.2, -0.15) is 0 Å². The average Bonchev–Trinajstić information content (AvgIpc) is 2.30. The Hall–Kier alpha value is -1.51. The lowest BCUT2D eigenvalue weighted by atomic mass is 9.94. The normalized spacial score (nSPS) is 12.1. The summed E-state index contributed by atoms with van der Waals surface area (Å²) in [7, 11) is 0. The predicted octanol–water partition coefficient (Wildman–Crippen LogP) is 3.01. The van der Waals surface area contributed by atoms with Crippen molar-refractivity contribution in [2.45, 2.75) is 26.2 Å². The quantitative estimate of drug-likeness (QED) is 0.421. The molecule has 3 heteroatoms. The van der Waals surface area contributed by atoms with Gasteiger partial charge in [0.05, 0.1) is 5.92 Å². The van der Waals surface area contributed by atoms with Gasteiger partial charge in [-0.3, -0.25) is 4.79 Å². The zero-order chi connectivity index (χ0) is 12.0. The van der Waals surface area contributed by atoms with Crippen LogP contribution in [0.1, 0.15) is 36.5 Å². The summed E-state index contributed by atoms with van der Waals surface area (Å²) >= 11 is 0. The van der Waals surface area contributed by atoms with E-state index in [1.807, 2.05) is 6.92 Å². The molecule has 0 amide bonds. The third-order valence-electron chi connectivity index (χ3n) is 2.50. The molecular formula is C13H15FO2. The molecule has 1 aromatic rings. The molecule has 2 nitrogen and oxygen atoms in total. The number of hydrogen-bond donors (Lipinski definition) is 0. The van der Waals surface area contributed by atoms with Crippen molar-refractivity contribution in [1.82, 2.24) is 0 Å². The third-order valence-corrected chi connectivity index (χ3v) is 2.50. The molecule has 0 N–H and O–H groups in total. The molecule has 0 aromatic heterocycles. The van der Waals surface area contributed by atoms with Crippen LogP contribution in [-0.2, 0) is 4.79 Å². The van der Waals surface area contributed by atoms with Crippen LogP contribution in [0.5, 0.6) is 0 Å². The number of rotatable bonds is 6. The maximum absolute atomic E-state index is 12.7. The fourth-order valence-corrected chi connectivity index (χ4v) is 1.51. The Morgan fingerprint density at radius 1 is 1.38 bits per heavy atom. The van der Waals surface area contributed by atoms with Gasteiger partial charge in [0.2, 0.25) is 0 Å². The number of unbranched alkanes of at least 4 members (excludes halogenated alkanes) is 1. The highest BCUT2D eigenvalue weighted by Gasteiger charge is 2.18. The molecule has 1 unspecified atom stereocenters. The molecule has 0 aliphatic carbocycles. The predicted molar refractivity (Wildman–Crippen MR) is 59.8 cm³/mol. The average molecular weight is 222 g/mol. The van der Waals surface area contributed by atoms with Gasteiger partial charge >= 0.3 is 0 Å². The van der Waals surface area contributed by atoms with E-state index in [2.05, 4.69) is 0 Å². The topological polar surface area (TPSA) is 34.1 Å². The van der Waals surface area contributed by atoms with Crippen LogP contribution in [-0.4, -0.2) is 12.1 Å². The number of carbonyl (C=O) groups is 2. The molecule has 1 atom stereocenters. The second-order valence-corrected chi connectivity index (χ2v) is 3.76. The van der Waals surface area contributed by atoms with Gasteiger partial charge in [0, 0.05) is 5.56 Å². The maximum Gasteiger partial charge on any atom is 0.173 e. The molecule has 0 spiro atoms. The summed E-state index contributed by atoms with van der Waals surface area (Å²) in [5.74, 6) is -1.19. The number of hydrogen-bond acceptors (Lipinski definition) is 2. The summed E-state index contributed by atoms with van der Waals surface area (Å²) in [6.07, 6.45) is 3.04. The largest absolute Gasteiger partial charge is 0.303 e. The lowest BCUT2D eigenvalue weighted by Crippen LogP contribution is -2.16. The Balaban J connectivity index is 2.74. The van der Waals surface area contributed by atoms with E-state index < -0.39 is 5.92 Å². The highest BCUT2D eigenvalue weighted by Crippen LogP contribution is 2.14. The van der Waals surface area contributed by atoms with E-state index in [1.54, 1.807) is 0 Å². The van der Waals surface area contributed by atoms with E-state index in [4.69, 9.17) is 0 Å². The van der Waals surface area contributed by atoms with Crippen molar-refractivity contribution < 1.29 is 14.0 Å². The Bertz CT molecular complexity index is 357. The highest BCUT2D eigenvalue weighted by atomic mass is 19.1. The van der Waals surface area contributed by atoms with Crippen molar-refractivity contribution >= 4 is 12.1 Å². The van der Waals surface area contributed by atoms with E-state index in [-0.39, 0.29) is 11.6 Å². The first kappa shape index (κ1) is 12.6. The second kappa shape index (κ2) is 6.16. The van der Waals surface area contributed by atoms with Crippen molar-refractivity contribution in [3.05, 3.63) is 35.6 Å². The Labute approximate surface area is 94.5 Å². The molecule has 1 aromatic carbocycles.